The van der Waals surface area contributed by atoms with Crippen LogP contribution in [0.15, 0.2) is 54.9 Å². The molecule has 2 heterocycles. The minimum absolute atomic E-state index is 0.0958. The predicted octanol–water partition coefficient (Wildman–Crippen LogP) is 4.07. The molecule has 0 aliphatic carbocycles. The summed E-state index contributed by atoms with van der Waals surface area (Å²) in [6.07, 6.45) is 1.38. The number of rotatable bonds is 5. The zero-order valence-electron chi connectivity index (χ0n) is 17.1. The molecule has 0 unspecified atom stereocenters. The van der Waals surface area contributed by atoms with E-state index >= 15 is 0 Å². The standard InChI is InChI=1S/C22H24N6O2/c1-16-7-6-10-19(17(16)2)26-11-13-27(14-12-26)22-20(28(29)30)21(23-15-24-22)25-18-8-4-3-5-9-18/h3-10,15H,11-14H2,1-2H3,(H,23,24,25). The normalized spacial score (nSPS) is 13.9. The fourth-order valence-electron chi connectivity index (χ4n) is 3.76. The highest BCUT2D eigenvalue weighted by molar-refractivity contribution is 5.74. The maximum Gasteiger partial charge on any atom is 0.353 e. The van der Waals surface area contributed by atoms with Crippen LogP contribution in [-0.4, -0.2) is 41.1 Å². The number of hydrogen-bond acceptors (Lipinski definition) is 7. The van der Waals surface area contributed by atoms with Crippen molar-refractivity contribution in [3.8, 4) is 0 Å². The van der Waals surface area contributed by atoms with Gasteiger partial charge in [-0.25, -0.2) is 9.97 Å². The van der Waals surface area contributed by atoms with E-state index in [9.17, 15) is 10.1 Å². The van der Waals surface area contributed by atoms with Gasteiger partial charge in [-0.3, -0.25) is 10.1 Å². The molecule has 0 amide bonds. The molecule has 1 fully saturated rings. The minimum Gasteiger partial charge on any atom is -0.368 e. The molecule has 0 bridgehead atoms. The molecule has 0 atom stereocenters. The molecule has 1 aromatic heterocycles. The zero-order chi connectivity index (χ0) is 21.1. The minimum atomic E-state index is -0.405. The first-order valence-corrected chi connectivity index (χ1v) is 9.92. The number of anilines is 4. The van der Waals surface area contributed by atoms with Crippen molar-refractivity contribution in [2.75, 3.05) is 41.3 Å². The summed E-state index contributed by atoms with van der Waals surface area (Å²) in [6, 6.07) is 15.6. The summed E-state index contributed by atoms with van der Waals surface area (Å²) < 4.78 is 0. The first-order chi connectivity index (χ1) is 14.5. The lowest BCUT2D eigenvalue weighted by Crippen LogP contribution is -2.47. The van der Waals surface area contributed by atoms with Gasteiger partial charge in [0, 0.05) is 37.6 Å². The molecule has 8 nitrogen and oxygen atoms in total. The lowest BCUT2D eigenvalue weighted by molar-refractivity contribution is -0.383. The SMILES string of the molecule is Cc1cccc(N2CCN(c3ncnc(Nc4ccccc4)c3[N+](=O)[O-])CC2)c1C. The number of aryl methyl sites for hydroxylation is 1. The molecule has 0 radical (unpaired) electrons. The lowest BCUT2D eigenvalue weighted by Gasteiger charge is -2.37. The van der Waals surface area contributed by atoms with Crippen LogP contribution in [0.2, 0.25) is 0 Å². The molecule has 2 aromatic carbocycles. The number of nitrogens with zero attached hydrogens (tertiary/aromatic N) is 5. The second kappa shape index (κ2) is 8.36. The highest BCUT2D eigenvalue weighted by Gasteiger charge is 2.29. The smallest absolute Gasteiger partial charge is 0.353 e. The van der Waals surface area contributed by atoms with Gasteiger partial charge in [0.25, 0.3) is 0 Å². The van der Waals surface area contributed by atoms with E-state index in [1.54, 1.807) is 0 Å². The number of para-hydroxylation sites is 1. The van der Waals surface area contributed by atoms with Gasteiger partial charge < -0.3 is 15.1 Å². The van der Waals surface area contributed by atoms with Gasteiger partial charge in [-0.15, -0.1) is 0 Å². The topological polar surface area (TPSA) is 87.4 Å². The molecule has 3 aromatic rings. The number of benzene rings is 2. The van der Waals surface area contributed by atoms with Crippen LogP contribution in [0.3, 0.4) is 0 Å². The van der Waals surface area contributed by atoms with Crippen LogP contribution in [0.5, 0.6) is 0 Å². The quantitative estimate of drug-likeness (QED) is 0.506. The summed E-state index contributed by atoms with van der Waals surface area (Å²) in [7, 11) is 0. The van der Waals surface area contributed by atoms with Crippen LogP contribution in [0.1, 0.15) is 11.1 Å². The Kier molecular flexibility index (Phi) is 5.47. The molecule has 4 rings (SSSR count). The van der Waals surface area contributed by atoms with Crippen molar-refractivity contribution in [3.05, 3.63) is 76.1 Å². The van der Waals surface area contributed by atoms with Crippen LogP contribution in [0.25, 0.3) is 0 Å². The van der Waals surface area contributed by atoms with Crippen molar-refractivity contribution in [1.29, 1.82) is 0 Å². The van der Waals surface area contributed by atoms with Gasteiger partial charge in [0.2, 0.25) is 11.6 Å². The molecule has 8 heteroatoms. The van der Waals surface area contributed by atoms with E-state index in [0.717, 1.165) is 18.8 Å². The summed E-state index contributed by atoms with van der Waals surface area (Å²) in [5.74, 6) is 0.558. The number of aromatic nitrogens is 2. The van der Waals surface area contributed by atoms with E-state index in [4.69, 9.17) is 0 Å². The Hall–Kier alpha value is -3.68. The zero-order valence-corrected chi connectivity index (χ0v) is 17.1. The van der Waals surface area contributed by atoms with Crippen molar-refractivity contribution in [2.24, 2.45) is 0 Å². The maximum atomic E-state index is 11.9. The van der Waals surface area contributed by atoms with Crippen molar-refractivity contribution < 1.29 is 4.92 Å². The van der Waals surface area contributed by atoms with Crippen molar-refractivity contribution in [1.82, 2.24) is 9.97 Å². The highest BCUT2D eigenvalue weighted by Crippen LogP contribution is 2.34. The third kappa shape index (κ3) is 3.89. The van der Waals surface area contributed by atoms with Crippen molar-refractivity contribution in [3.63, 3.8) is 0 Å². The van der Waals surface area contributed by atoms with Gasteiger partial charge in [-0.1, -0.05) is 30.3 Å². The third-order valence-corrected chi connectivity index (χ3v) is 5.52. The lowest BCUT2D eigenvalue weighted by atomic mass is 10.1. The average molecular weight is 404 g/mol. The molecule has 1 aliphatic rings. The van der Waals surface area contributed by atoms with Crippen molar-refractivity contribution >= 4 is 28.7 Å². The molecule has 0 saturated carbocycles. The predicted molar refractivity (Wildman–Crippen MR) is 119 cm³/mol. The summed E-state index contributed by atoms with van der Waals surface area (Å²) in [6.45, 7) is 7.08. The van der Waals surface area contributed by atoms with Crippen LogP contribution in [0.4, 0.5) is 28.7 Å². The molecule has 0 spiro atoms. The van der Waals surface area contributed by atoms with E-state index in [-0.39, 0.29) is 11.5 Å². The molecule has 154 valence electrons. The monoisotopic (exact) mass is 404 g/mol. The van der Waals surface area contributed by atoms with E-state index in [2.05, 4.69) is 52.2 Å². The summed E-state index contributed by atoms with van der Waals surface area (Å²) in [5, 5.41) is 14.9. The second-order valence-electron chi connectivity index (χ2n) is 7.34. The molecule has 30 heavy (non-hydrogen) atoms. The van der Waals surface area contributed by atoms with E-state index in [0.29, 0.717) is 18.9 Å². The third-order valence-electron chi connectivity index (χ3n) is 5.52. The van der Waals surface area contributed by atoms with Crippen molar-refractivity contribution in [2.45, 2.75) is 13.8 Å². The van der Waals surface area contributed by atoms with Gasteiger partial charge in [-0.2, -0.15) is 0 Å². The summed E-state index contributed by atoms with van der Waals surface area (Å²) >= 11 is 0. The second-order valence-corrected chi connectivity index (χ2v) is 7.34. The number of nitro groups is 1. The molecular formula is C22H24N6O2. The molecule has 1 N–H and O–H groups in total. The highest BCUT2D eigenvalue weighted by atomic mass is 16.6. The number of nitrogens with one attached hydrogen (secondary N) is 1. The van der Waals surface area contributed by atoms with E-state index in [1.165, 1.54) is 23.1 Å². The average Bonchev–Trinajstić information content (AvgIpc) is 2.76. The number of piperazine rings is 1. The fraction of sp³-hybridized carbons (Fsp3) is 0.273. The summed E-state index contributed by atoms with van der Waals surface area (Å²) in [4.78, 5) is 24.2. The van der Waals surface area contributed by atoms with Crippen LogP contribution in [-0.2, 0) is 0 Å². The van der Waals surface area contributed by atoms with Gasteiger partial charge in [0.15, 0.2) is 0 Å². The van der Waals surface area contributed by atoms with Gasteiger partial charge >= 0.3 is 5.69 Å². The Morgan fingerprint density at radius 3 is 2.33 bits per heavy atom. The Balaban J connectivity index is 1.57. The van der Waals surface area contributed by atoms with Crippen LogP contribution < -0.4 is 15.1 Å². The first-order valence-electron chi connectivity index (χ1n) is 9.92. The van der Waals surface area contributed by atoms with Crippen LogP contribution >= 0.6 is 0 Å². The Morgan fingerprint density at radius 1 is 0.933 bits per heavy atom. The van der Waals surface area contributed by atoms with Gasteiger partial charge in [-0.05, 0) is 43.2 Å². The largest absolute Gasteiger partial charge is 0.368 e. The van der Waals surface area contributed by atoms with Crippen LogP contribution in [0, 0.1) is 24.0 Å². The Labute approximate surface area is 175 Å². The first kappa shape index (κ1) is 19.6. The summed E-state index contributed by atoms with van der Waals surface area (Å²) in [5.41, 5.74) is 4.40. The van der Waals surface area contributed by atoms with Gasteiger partial charge in [0.1, 0.15) is 6.33 Å². The number of hydrogen-bond donors (Lipinski definition) is 1. The van der Waals surface area contributed by atoms with E-state index in [1.807, 2.05) is 35.2 Å². The Bertz CT molecular complexity index is 1050. The maximum absolute atomic E-state index is 11.9. The molecule has 1 aliphatic heterocycles. The molecule has 1 saturated heterocycles. The van der Waals surface area contributed by atoms with E-state index < -0.39 is 4.92 Å². The molecular weight excluding hydrogens is 380 g/mol. The fourth-order valence-corrected chi connectivity index (χ4v) is 3.76. The van der Waals surface area contributed by atoms with Gasteiger partial charge in [0.05, 0.1) is 4.92 Å². The Morgan fingerprint density at radius 2 is 1.63 bits per heavy atom.